The molecule has 3 nitrogen and oxygen atoms in total. The van der Waals surface area contributed by atoms with Crippen LogP contribution in [0, 0.1) is 11.3 Å². The molecule has 1 aromatic carbocycles. The van der Waals surface area contributed by atoms with Gasteiger partial charge in [0.15, 0.2) is 0 Å². The van der Waals surface area contributed by atoms with Crippen LogP contribution in [-0.2, 0) is 11.2 Å². The number of alkyl halides is 1. The van der Waals surface area contributed by atoms with Gasteiger partial charge in [0, 0.05) is 4.47 Å². The van der Waals surface area contributed by atoms with E-state index in [4.69, 9.17) is 11.0 Å². The van der Waals surface area contributed by atoms with E-state index in [1.54, 1.807) is 12.1 Å². The number of nitrogens with two attached hydrogens (primary N) is 1. The van der Waals surface area contributed by atoms with Gasteiger partial charge in [-0.05, 0) is 24.1 Å². The molecule has 1 atom stereocenters. The second-order valence-electron chi connectivity index (χ2n) is 2.99. The lowest BCUT2D eigenvalue weighted by Crippen LogP contribution is -2.25. The molecule has 15 heavy (non-hydrogen) atoms. The summed E-state index contributed by atoms with van der Waals surface area (Å²) < 4.78 is 0.841. The predicted molar refractivity (Wildman–Crippen MR) is 64.5 cm³/mol. The van der Waals surface area contributed by atoms with Crippen LogP contribution in [0.25, 0.3) is 0 Å². The van der Waals surface area contributed by atoms with Crippen LogP contribution in [0.2, 0.25) is 0 Å². The molecule has 78 valence electrons. The number of carbonyl (C=O) groups is 1. The summed E-state index contributed by atoms with van der Waals surface area (Å²) in [6.07, 6.45) is 0.422. The number of hydrogen-bond donors (Lipinski definition) is 1. The first kappa shape index (κ1) is 12.2. The van der Waals surface area contributed by atoms with Crippen molar-refractivity contribution in [2.45, 2.75) is 11.2 Å². The van der Waals surface area contributed by atoms with E-state index >= 15 is 0 Å². The Labute approximate surface area is 105 Å². The average Bonchev–Trinajstić information content (AvgIpc) is 2.20. The highest BCUT2D eigenvalue weighted by atomic mass is 79.9. The maximum Gasteiger partial charge on any atom is 0.231 e. The standard InChI is InChI=1S/C10H8Br2N2O/c11-8-2-1-6(7(3-8)5-13)4-9(12)10(14)15/h1-3,9H,4H2,(H2,14,15). The minimum Gasteiger partial charge on any atom is -0.369 e. The van der Waals surface area contributed by atoms with Gasteiger partial charge in [-0.3, -0.25) is 4.79 Å². The number of amides is 1. The molecule has 1 aromatic rings. The molecule has 0 aliphatic heterocycles. The van der Waals surface area contributed by atoms with E-state index in [0.717, 1.165) is 10.0 Å². The predicted octanol–water partition coefficient (Wildman–Crippen LogP) is 2.11. The van der Waals surface area contributed by atoms with Crippen molar-refractivity contribution in [1.82, 2.24) is 0 Å². The van der Waals surface area contributed by atoms with Gasteiger partial charge in [-0.25, -0.2) is 0 Å². The average molecular weight is 332 g/mol. The van der Waals surface area contributed by atoms with Gasteiger partial charge in [-0.15, -0.1) is 0 Å². The summed E-state index contributed by atoms with van der Waals surface area (Å²) >= 11 is 6.44. The molecule has 5 heteroatoms. The number of hydrogen-bond acceptors (Lipinski definition) is 2. The second-order valence-corrected chi connectivity index (χ2v) is 5.01. The number of rotatable bonds is 3. The van der Waals surface area contributed by atoms with Crippen molar-refractivity contribution in [3.63, 3.8) is 0 Å². The Morgan fingerprint density at radius 3 is 2.80 bits per heavy atom. The van der Waals surface area contributed by atoms with Crippen LogP contribution in [0.1, 0.15) is 11.1 Å². The SMILES string of the molecule is N#Cc1cc(Br)ccc1CC(Br)C(N)=O. The summed E-state index contributed by atoms with van der Waals surface area (Å²) in [5.74, 6) is -0.429. The first-order valence-electron chi connectivity index (χ1n) is 4.16. The van der Waals surface area contributed by atoms with Crippen LogP contribution in [0.4, 0.5) is 0 Å². The molecule has 1 rings (SSSR count). The molecule has 1 amide bonds. The largest absolute Gasteiger partial charge is 0.369 e. The molecule has 0 bridgehead atoms. The van der Waals surface area contributed by atoms with Crippen LogP contribution >= 0.6 is 31.9 Å². The van der Waals surface area contributed by atoms with Gasteiger partial charge >= 0.3 is 0 Å². The first-order chi connectivity index (χ1) is 7.04. The zero-order valence-electron chi connectivity index (χ0n) is 7.71. The van der Waals surface area contributed by atoms with E-state index in [1.807, 2.05) is 6.07 Å². The van der Waals surface area contributed by atoms with Gasteiger partial charge in [0.1, 0.15) is 0 Å². The highest BCUT2D eigenvalue weighted by Crippen LogP contribution is 2.19. The molecule has 0 spiro atoms. The van der Waals surface area contributed by atoms with Crippen molar-refractivity contribution >= 4 is 37.8 Å². The van der Waals surface area contributed by atoms with Gasteiger partial charge < -0.3 is 5.73 Å². The summed E-state index contributed by atoms with van der Waals surface area (Å²) in [5, 5.41) is 8.89. The Balaban J connectivity index is 2.96. The maximum atomic E-state index is 10.9. The third-order valence-electron chi connectivity index (χ3n) is 1.90. The van der Waals surface area contributed by atoms with E-state index in [1.165, 1.54) is 0 Å². The molecule has 1 unspecified atom stereocenters. The number of carbonyl (C=O) groups excluding carboxylic acids is 1. The third kappa shape index (κ3) is 3.33. The third-order valence-corrected chi connectivity index (χ3v) is 3.17. The number of benzene rings is 1. The topological polar surface area (TPSA) is 66.9 Å². The van der Waals surface area contributed by atoms with Gasteiger partial charge in [-0.2, -0.15) is 5.26 Å². The minimum absolute atomic E-state index is 0.422. The molecule has 0 saturated heterocycles. The van der Waals surface area contributed by atoms with Crippen LogP contribution < -0.4 is 5.73 Å². The molecule has 0 fully saturated rings. The summed E-state index contributed by atoms with van der Waals surface area (Å²) in [7, 11) is 0. The highest BCUT2D eigenvalue weighted by molar-refractivity contribution is 9.10. The van der Waals surface area contributed by atoms with Gasteiger partial charge in [0.2, 0.25) is 5.91 Å². The monoisotopic (exact) mass is 330 g/mol. The van der Waals surface area contributed by atoms with Crippen molar-refractivity contribution < 1.29 is 4.79 Å². The van der Waals surface area contributed by atoms with E-state index in [0.29, 0.717) is 12.0 Å². The Kier molecular flexibility index (Phi) is 4.30. The molecule has 0 radical (unpaired) electrons. The van der Waals surface area contributed by atoms with Crippen molar-refractivity contribution in [2.24, 2.45) is 5.73 Å². The molecular weight excluding hydrogens is 324 g/mol. The lowest BCUT2D eigenvalue weighted by atomic mass is 10.0. The number of halogens is 2. The van der Waals surface area contributed by atoms with E-state index < -0.39 is 10.7 Å². The van der Waals surface area contributed by atoms with E-state index in [2.05, 4.69) is 37.9 Å². The van der Waals surface area contributed by atoms with Crippen molar-refractivity contribution in [3.05, 3.63) is 33.8 Å². The normalized spacial score (nSPS) is 11.8. The summed E-state index contributed by atoms with van der Waals surface area (Å²) in [4.78, 5) is 10.4. The molecule has 2 N–H and O–H groups in total. The van der Waals surface area contributed by atoms with Crippen LogP contribution in [0.15, 0.2) is 22.7 Å². The quantitative estimate of drug-likeness (QED) is 0.862. The zero-order valence-corrected chi connectivity index (χ0v) is 10.9. The van der Waals surface area contributed by atoms with Crippen molar-refractivity contribution in [2.75, 3.05) is 0 Å². The second kappa shape index (κ2) is 5.29. The fourth-order valence-corrected chi connectivity index (χ4v) is 1.83. The van der Waals surface area contributed by atoms with Crippen LogP contribution in [0.3, 0.4) is 0 Å². The highest BCUT2D eigenvalue weighted by Gasteiger charge is 2.14. The number of nitrogens with zero attached hydrogens (tertiary/aromatic N) is 1. The summed E-state index contributed by atoms with van der Waals surface area (Å²) in [5.41, 5.74) is 6.49. The minimum atomic E-state index is -0.439. The molecule has 0 aliphatic carbocycles. The smallest absolute Gasteiger partial charge is 0.231 e. The van der Waals surface area contributed by atoms with Crippen LogP contribution in [-0.4, -0.2) is 10.7 Å². The molecule has 0 aromatic heterocycles. The van der Waals surface area contributed by atoms with Crippen LogP contribution in [0.5, 0.6) is 0 Å². The number of primary amides is 1. The molecule has 0 saturated carbocycles. The number of nitriles is 1. The molecular formula is C10H8Br2N2O. The Bertz CT molecular complexity index is 426. The van der Waals surface area contributed by atoms with Crippen molar-refractivity contribution in [1.29, 1.82) is 5.26 Å². The van der Waals surface area contributed by atoms with Gasteiger partial charge in [-0.1, -0.05) is 37.9 Å². The maximum absolute atomic E-state index is 10.9. The van der Waals surface area contributed by atoms with E-state index in [9.17, 15) is 4.79 Å². The Morgan fingerprint density at radius 1 is 1.60 bits per heavy atom. The van der Waals surface area contributed by atoms with Crippen molar-refractivity contribution in [3.8, 4) is 6.07 Å². The zero-order chi connectivity index (χ0) is 11.4. The lowest BCUT2D eigenvalue weighted by Gasteiger charge is -2.07. The van der Waals surface area contributed by atoms with Gasteiger partial charge in [0.25, 0.3) is 0 Å². The van der Waals surface area contributed by atoms with Gasteiger partial charge in [0.05, 0.1) is 16.5 Å². The summed E-state index contributed by atoms with van der Waals surface area (Å²) in [6, 6.07) is 7.43. The summed E-state index contributed by atoms with van der Waals surface area (Å²) in [6.45, 7) is 0. The Morgan fingerprint density at radius 2 is 2.27 bits per heavy atom. The molecule has 0 aliphatic rings. The molecule has 0 heterocycles. The Hall–Kier alpha value is -0.860. The van der Waals surface area contributed by atoms with E-state index in [-0.39, 0.29) is 0 Å². The lowest BCUT2D eigenvalue weighted by molar-refractivity contribution is -0.117. The fourth-order valence-electron chi connectivity index (χ4n) is 1.12. The fraction of sp³-hybridized carbons (Fsp3) is 0.200. The first-order valence-corrected chi connectivity index (χ1v) is 5.87.